The molecule has 12 heavy (non-hydrogen) atoms. The van der Waals surface area contributed by atoms with Gasteiger partial charge in [-0.05, 0) is 0 Å². The molecule has 2 nitrogen and oxygen atoms in total. The lowest BCUT2D eigenvalue weighted by atomic mass is 10.6. The van der Waals surface area contributed by atoms with Gasteiger partial charge in [0.2, 0.25) is 9.36 Å². The van der Waals surface area contributed by atoms with Crippen molar-refractivity contribution in [2.45, 2.75) is 15.5 Å². The molecule has 1 unspecified atom stereocenters. The third-order valence-electron chi connectivity index (χ3n) is 0.658. The standard InChI is InChI=1S/C4H3Cl4F2O2/c5-2(4(9,10)11)12-1-3(6,7)8/h2H,1H2. The van der Waals surface area contributed by atoms with Crippen molar-refractivity contribution in [3.8, 4) is 0 Å². The molecule has 0 aliphatic heterocycles. The first-order valence-corrected chi connectivity index (χ1v) is 4.10. The maximum absolute atomic E-state index is 11.7. The lowest BCUT2D eigenvalue weighted by Gasteiger charge is -2.17. The summed E-state index contributed by atoms with van der Waals surface area (Å²) < 4.78 is 25.7. The number of alkyl halides is 6. The molecule has 0 spiro atoms. The van der Waals surface area contributed by atoms with Crippen LogP contribution in [0.2, 0.25) is 0 Å². The summed E-state index contributed by atoms with van der Waals surface area (Å²) in [7, 11) is 0. The minimum Gasteiger partial charge on any atom is -0.350 e. The van der Waals surface area contributed by atoms with Gasteiger partial charge in [-0.3, -0.25) is 0 Å². The summed E-state index contributed by atoms with van der Waals surface area (Å²) in [6, 6.07) is 0. The molecule has 0 amide bonds. The fraction of sp³-hybridized carbons (Fsp3) is 1.00. The van der Waals surface area contributed by atoms with Crippen molar-refractivity contribution in [3.63, 3.8) is 0 Å². The van der Waals surface area contributed by atoms with Crippen LogP contribution in [0, 0.1) is 0 Å². The lowest BCUT2D eigenvalue weighted by molar-refractivity contribution is -0.281. The highest BCUT2D eigenvalue weighted by Crippen LogP contribution is 2.29. The summed E-state index contributed by atoms with van der Waals surface area (Å²) in [4.78, 5) is 0. The van der Waals surface area contributed by atoms with Gasteiger partial charge in [0.15, 0.2) is 0 Å². The zero-order chi connectivity index (χ0) is 9.99. The Morgan fingerprint density at radius 3 is 2.00 bits per heavy atom. The van der Waals surface area contributed by atoms with Gasteiger partial charge in [0.25, 0.3) is 0 Å². The van der Waals surface area contributed by atoms with E-state index in [1.807, 2.05) is 0 Å². The van der Waals surface area contributed by atoms with Gasteiger partial charge < -0.3 is 4.74 Å². The summed E-state index contributed by atoms with van der Waals surface area (Å²) in [5, 5.41) is 9.80. The summed E-state index contributed by atoms with van der Waals surface area (Å²) in [6.45, 7) is -0.677. The second-order valence-corrected chi connectivity index (χ2v) is 4.72. The molecule has 0 saturated carbocycles. The first kappa shape index (κ1) is 12.9. The fourth-order valence-corrected chi connectivity index (χ4v) is 0.517. The first-order valence-electron chi connectivity index (χ1n) is 2.53. The Hall–Kier alpha value is 0.940. The van der Waals surface area contributed by atoms with E-state index in [0.717, 1.165) is 0 Å². The van der Waals surface area contributed by atoms with E-state index in [9.17, 15) is 13.9 Å². The number of halogens is 6. The normalized spacial score (nSPS) is 16.2. The minimum atomic E-state index is -4.41. The molecule has 1 radical (unpaired) electrons. The van der Waals surface area contributed by atoms with E-state index in [-0.39, 0.29) is 0 Å². The van der Waals surface area contributed by atoms with Crippen LogP contribution in [0.5, 0.6) is 0 Å². The molecule has 0 aromatic heterocycles. The Morgan fingerprint density at radius 1 is 1.33 bits per heavy atom. The first-order chi connectivity index (χ1) is 5.13. The van der Waals surface area contributed by atoms with Crippen LogP contribution in [0.25, 0.3) is 0 Å². The molecule has 1 atom stereocenters. The highest BCUT2D eigenvalue weighted by atomic mass is 35.6. The van der Waals surface area contributed by atoms with Crippen molar-refractivity contribution in [2.24, 2.45) is 0 Å². The zero-order valence-corrected chi connectivity index (χ0v) is 8.39. The Bertz CT molecular complexity index is 143. The molecule has 0 aliphatic rings. The third kappa shape index (κ3) is 6.46. The highest BCUT2D eigenvalue weighted by Gasteiger charge is 2.40. The van der Waals surface area contributed by atoms with Crippen molar-refractivity contribution in [3.05, 3.63) is 0 Å². The van der Waals surface area contributed by atoms with Gasteiger partial charge >= 0.3 is 6.11 Å². The maximum atomic E-state index is 11.7. The molecule has 0 aromatic rings. The third-order valence-corrected chi connectivity index (χ3v) is 1.36. The van der Waals surface area contributed by atoms with Gasteiger partial charge in [0.05, 0.1) is 6.61 Å². The summed E-state index contributed by atoms with van der Waals surface area (Å²) in [5.41, 5.74) is -2.34. The van der Waals surface area contributed by atoms with E-state index in [2.05, 4.69) is 4.74 Å². The number of ether oxygens (including phenoxy) is 1. The SMILES string of the molecule is [O]C(F)(F)C(Cl)OCC(Cl)(Cl)Cl. The highest BCUT2D eigenvalue weighted by molar-refractivity contribution is 6.67. The van der Waals surface area contributed by atoms with Gasteiger partial charge in [0, 0.05) is 0 Å². The monoisotopic (exact) mass is 261 g/mol. The molecular formula is C4H3Cl4F2O2. The quantitative estimate of drug-likeness (QED) is 0.719. The Morgan fingerprint density at radius 2 is 1.75 bits per heavy atom. The van der Waals surface area contributed by atoms with E-state index >= 15 is 0 Å². The molecule has 73 valence electrons. The fourth-order valence-electron chi connectivity index (χ4n) is 0.265. The average Bonchev–Trinajstić information content (AvgIpc) is 1.78. The van der Waals surface area contributed by atoms with Crippen LogP contribution in [-0.2, 0) is 9.84 Å². The van der Waals surface area contributed by atoms with Crippen LogP contribution in [0.3, 0.4) is 0 Å². The molecule has 8 heteroatoms. The summed E-state index contributed by atoms with van der Waals surface area (Å²) in [6.07, 6.45) is -4.41. The molecular weight excluding hydrogens is 260 g/mol. The predicted molar refractivity (Wildman–Crippen MR) is 41.5 cm³/mol. The van der Waals surface area contributed by atoms with E-state index in [0.29, 0.717) is 0 Å². The van der Waals surface area contributed by atoms with Crippen LogP contribution in [0.1, 0.15) is 0 Å². The molecule has 0 bridgehead atoms. The molecule has 0 N–H and O–H groups in total. The Labute approximate surface area is 87.3 Å². The van der Waals surface area contributed by atoms with E-state index < -0.39 is 22.1 Å². The van der Waals surface area contributed by atoms with Crippen LogP contribution in [0.15, 0.2) is 0 Å². The van der Waals surface area contributed by atoms with Gasteiger partial charge in [-0.1, -0.05) is 46.4 Å². The summed E-state index contributed by atoms with van der Waals surface area (Å²) >= 11 is 20.2. The number of hydrogen-bond donors (Lipinski definition) is 0. The van der Waals surface area contributed by atoms with Crippen molar-refractivity contribution >= 4 is 46.4 Å². The summed E-state index contributed by atoms with van der Waals surface area (Å²) in [5.74, 6) is 0. The average molecular weight is 263 g/mol. The van der Waals surface area contributed by atoms with E-state index in [1.54, 1.807) is 0 Å². The largest absolute Gasteiger partial charge is 0.420 e. The molecule has 0 saturated heterocycles. The molecule has 0 aliphatic carbocycles. The maximum Gasteiger partial charge on any atom is 0.420 e. The number of hydrogen-bond acceptors (Lipinski definition) is 1. The zero-order valence-electron chi connectivity index (χ0n) is 5.37. The molecule has 0 aromatic carbocycles. The van der Waals surface area contributed by atoms with Crippen LogP contribution >= 0.6 is 46.4 Å². The molecule has 0 rings (SSSR count). The smallest absolute Gasteiger partial charge is 0.350 e. The number of rotatable bonds is 3. The molecule has 0 heterocycles. The van der Waals surface area contributed by atoms with Crippen molar-refractivity contribution in [2.75, 3.05) is 6.61 Å². The van der Waals surface area contributed by atoms with Crippen LogP contribution < -0.4 is 0 Å². The van der Waals surface area contributed by atoms with Gasteiger partial charge in [0.1, 0.15) is 0 Å². The van der Waals surface area contributed by atoms with Crippen molar-refractivity contribution < 1.29 is 18.6 Å². The van der Waals surface area contributed by atoms with Gasteiger partial charge in [-0.25, -0.2) is 0 Å². The van der Waals surface area contributed by atoms with E-state index in [1.165, 1.54) is 0 Å². The van der Waals surface area contributed by atoms with Crippen molar-refractivity contribution in [1.29, 1.82) is 0 Å². The topological polar surface area (TPSA) is 29.1 Å². The second kappa shape index (κ2) is 4.44. The second-order valence-electron chi connectivity index (χ2n) is 1.80. The Kier molecular flexibility index (Phi) is 4.79. The lowest BCUT2D eigenvalue weighted by Crippen LogP contribution is -2.32. The minimum absolute atomic E-state index is 0.677. The van der Waals surface area contributed by atoms with Gasteiger partial charge in [-0.2, -0.15) is 13.9 Å². The van der Waals surface area contributed by atoms with Gasteiger partial charge in [-0.15, -0.1) is 0 Å². The van der Waals surface area contributed by atoms with Crippen LogP contribution in [0.4, 0.5) is 8.78 Å². The predicted octanol–water partition coefficient (Wildman–Crippen LogP) is 2.96. The molecule has 0 fully saturated rings. The Balaban J connectivity index is 3.80. The van der Waals surface area contributed by atoms with Crippen molar-refractivity contribution in [1.82, 2.24) is 0 Å². The van der Waals surface area contributed by atoms with E-state index in [4.69, 9.17) is 46.4 Å². The van der Waals surface area contributed by atoms with Crippen LogP contribution in [-0.4, -0.2) is 22.1 Å².